The molecule has 4 atom stereocenters. The van der Waals surface area contributed by atoms with Crippen LogP contribution in [0.3, 0.4) is 0 Å². The summed E-state index contributed by atoms with van der Waals surface area (Å²) in [5.74, 6) is 3.01. The van der Waals surface area contributed by atoms with Gasteiger partial charge in [-0.25, -0.2) is 0 Å². The van der Waals surface area contributed by atoms with Crippen molar-refractivity contribution in [1.82, 2.24) is 5.32 Å². The molecule has 2 saturated carbocycles. The van der Waals surface area contributed by atoms with Crippen molar-refractivity contribution in [2.45, 2.75) is 58.9 Å². The molecule has 1 amide bonds. The fraction of sp³-hybridized carbons (Fsp3) is 0.929. The maximum absolute atomic E-state index is 11.9. The lowest BCUT2D eigenvalue weighted by molar-refractivity contribution is -0.126. The molecule has 2 fully saturated rings. The lowest BCUT2D eigenvalue weighted by atomic mass is 9.89. The highest BCUT2D eigenvalue weighted by atomic mass is 16.1. The minimum absolute atomic E-state index is 0.216. The van der Waals surface area contributed by atoms with Gasteiger partial charge in [0.05, 0.1) is 0 Å². The van der Waals surface area contributed by atoms with Gasteiger partial charge in [0.1, 0.15) is 0 Å². The predicted molar refractivity (Wildman–Crippen MR) is 66.0 cm³/mol. The molecule has 92 valence electrons. The lowest BCUT2D eigenvalue weighted by Crippen LogP contribution is -2.37. The van der Waals surface area contributed by atoms with Crippen LogP contribution in [0.25, 0.3) is 0 Å². The van der Waals surface area contributed by atoms with Gasteiger partial charge < -0.3 is 5.32 Å². The first kappa shape index (κ1) is 11.9. The Labute approximate surface area is 99.2 Å². The molecule has 2 aliphatic carbocycles. The van der Waals surface area contributed by atoms with E-state index in [0.717, 1.165) is 11.8 Å². The van der Waals surface area contributed by atoms with Gasteiger partial charge in [0.25, 0.3) is 0 Å². The van der Waals surface area contributed by atoms with E-state index in [-0.39, 0.29) is 17.9 Å². The lowest BCUT2D eigenvalue weighted by Gasteiger charge is -2.20. The predicted octanol–water partition coefficient (Wildman–Crippen LogP) is 2.97. The molecule has 2 rings (SSSR count). The number of fused-ring (bicyclic) bond motifs is 1. The zero-order valence-electron chi connectivity index (χ0n) is 10.8. The molecule has 0 heterocycles. The topological polar surface area (TPSA) is 29.1 Å². The van der Waals surface area contributed by atoms with Gasteiger partial charge in [0.15, 0.2) is 0 Å². The Morgan fingerprint density at radius 1 is 1.12 bits per heavy atom. The Kier molecular flexibility index (Phi) is 3.56. The third kappa shape index (κ3) is 2.41. The summed E-state index contributed by atoms with van der Waals surface area (Å²) < 4.78 is 0. The number of hydrogen-bond acceptors (Lipinski definition) is 1. The van der Waals surface area contributed by atoms with Crippen LogP contribution in [0, 0.1) is 23.7 Å². The summed E-state index contributed by atoms with van der Waals surface area (Å²) in [4.78, 5) is 11.9. The van der Waals surface area contributed by atoms with Crippen molar-refractivity contribution in [3.05, 3.63) is 0 Å². The molecule has 1 N–H and O–H groups in total. The van der Waals surface area contributed by atoms with Crippen LogP contribution in [0.4, 0.5) is 0 Å². The smallest absolute Gasteiger partial charge is 0.223 e. The Bertz CT molecular complexity index is 249. The van der Waals surface area contributed by atoms with Crippen molar-refractivity contribution in [3.63, 3.8) is 0 Å². The van der Waals surface area contributed by atoms with Crippen molar-refractivity contribution >= 4 is 5.91 Å². The Morgan fingerprint density at radius 2 is 1.69 bits per heavy atom. The number of hydrogen-bond donors (Lipinski definition) is 1. The quantitative estimate of drug-likeness (QED) is 0.783. The van der Waals surface area contributed by atoms with Crippen LogP contribution in [0.5, 0.6) is 0 Å². The number of carbonyl (C=O) groups excluding carboxylic acids is 1. The highest BCUT2D eigenvalue weighted by Gasteiger charge is 2.40. The van der Waals surface area contributed by atoms with Crippen LogP contribution in [-0.2, 0) is 4.79 Å². The molecular weight excluding hydrogens is 198 g/mol. The molecule has 0 bridgehead atoms. The van der Waals surface area contributed by atoms with Crippen LogP contribution in [0.15, 0.2) is 0 Å². The van der Waals surface area contributed by atoms with E-state index in [0.29, 0.717) is 5.92 Å². The molecule has 0 saturated heterocycles. The van der Waals surface area contributed by atoms with E-state index in [1.165, 1.54) is 32.1 Å². The summed E-state index contributed by atoms with van der Waals surface area (Å²) in [6, 6.07) is 0.274. The first-order valence-corrected chi connectivity index (χ1v) is 6.88. The van der Waals surface area contributed by atoms with Crippen molar-refractivity contribution in [3.8, 4) is 0 Å². The van der Waals surface area contributed by atoms with Gasteiger partial charge in [-0.05, 0) is 44.4 Å². The van der Waals surface area contributed by atoms with E-state index in [1.807, 2.05) is 13.8 Å². The van der Waals surface area contributed by atoms with Crippen molar-refractivity contribution in [2.24, 2.45) is 23.7 Å². The molecule has 0 unspecified atom stereocenters. The van der Waals surface area contributed by atoms with Crippen LogP contribution in [-0.4, -0.2) is 11.9 Å². The molecule has 0 aromatic heterocycles. The summed E-state index contributed by atoms with van der Waals surface area (Å²) in [5.41, 5.74) is 0. The molecule has 0 aromatic carbocycles. The van der Waals surface area contributed by atoms with Crippen molar-refractivity contribution < 1.29 is 4.79 Å². The fourth-order valence-corrected chi connectivity index (χ4v) is 3.65. The van der Waals surface area contributed by atoms with E-state index >= 15 is 0 Å². The Balaban J connectivity index is 1.86. The molecule has 2 heteroatoms. The third-order valence-electron chi connectivity index (χ3n) is 4.58. The minimum atomic E-state index is 0.216. The second-order valence-electron chi connectivity index (χ2n) is 6.13. The van der Waals surface area contributed by atoms with Crippen LogP contribution in [0.1, 0.15) is 52.9 Å². The zero-order valence-corrected chi connectivity index (χ0v) is 10.8. The monoisotopic (exact) mass is 223 g/mol. The van der Waals surface area contributed by atoms with Gasteiger partial charge >= 0.3 is 0 Å². The second-order valence-corrected chi connectivity index (χ2v) is 6.13. The van der Waals surface area contributed by atoms with Gasteiger partial charge in [-0.15, -0.1) is 0 Å². The van der Waals surface area contributed by atoms with E-state index in [2.05, 4.69) is 12.2 Å². The van der Waals surface area contributed by atoms with E-state index in [4.69, 9.17) is 0 Å². The Hall–Kier alpha value is -0.530. The fourth-order valence-electron chi connectivity index (χ4n) is 3.65. The Morgan fingerprint density at radius 3 is 2.19 bits per heavy atom. The summed E-state index contributed by atoms with van der Waals surface area (Å²) in [6.07, 6.45) is 6.86. The molecular formula is C14H25NO. The van der Waals surface area contributed by atoms with Gasteiger partial charge in [-0.2, -0.15) is 0 Å². The van der Waals surface area contributed by atoms with E-state index < -0.39 is 0 Å². The minimum Gasteiger partial charge on any atom is -0.354 e. The van der Waals surface area contributed by atoms with Crippen molar-refractivity contribution in [2.75, 3.05) is 0 Å². The average Bonchev–Trinajstić information content (AvgIpc) is 2.74. The number of nitrogens with one attached hydrogen (secondary N) is 1. The number of carbonyl (C=O) groups is 1. The highest BCUT2D eigenvalue weighted by molar-refractivity contribution is 5.78. The number of amides is 1. The van der Waals surface area contributed by atoms with Crippen LogP contribution in [0.2, 0.25) is 0 Å². The molecule has 16 heavy (non-hydrogen) atoms. The first-order valence-electron chi connectivity index (χ1n) is 6.88. The molecule has 0 spiro atoms. The van der Waals surface area contributed by atoms with Crippen LogP contribution < -0.4 is 5.32 Å². The zero-order chi connectivity index (χ0) is 11.7. The highest BCUT2D eigenvalue weighted by Crippen LogP contribution is 2.48. The molecule has 0 aliphatic heterocycles. The second kappa shape index (κ2) is 4.77. The number of rotatable bonds is 3. The third-order valence-corrected chi connectivity index (χ3v) is 4.58. The standard InChI is InChI=1S/C14H25NO/c1-9(2)15-14(16)10(3)13-7-11-5-4-6-12(11)8-13/h9-13H,4-8H2,1-3H3,(H,15,16)/t10-,11-,12+,13-/m0/s1. The van der Waals surface area contributed by atoms with E-state index in [9.17, 15) is 4.79 Å². The summed E-state index contributed by atoms with van der Waals surface area (Å²) in [5, 5.41) is 3.05. The SMILES string of the molecule is CC(C)NC(=O)[C@@H](C)[C@@H]1C[C@H]2CCC[C@H]2C1. The van der Waals surface area contributed by atoms with Gasteiger partial charge in [0, 0.05) is 12.0 Å². The van der Waals surface area contributed by atoms with Crippen molar-refractivity contribution in [1.29, 1.82) is 0 Å². The maximum Gasteiger partial charge on any atom is 0.223 e. The normalized spacial score (nSPS) is 35.1. The van der Waals surface area contributed by atoms with Gasteiger partial charge in [-0.3, -0.25) is 4.79 Å². The first-order chi connectivity index (χ1) is 7.58. The molecule has 0 aromatic rings. The largest absolute Gasteiger partial charge is 0.354 e. The summed E-state index contributed by atoms with van der Waals surface area (Å²) in [7, 11) is 0. The molecule has 0 radical (unpaired) electrons. The van der Waals surface area contributed by atoms with E-state index in [1.54, 1.807) is 0 Å². The average molecular weight is 223 g/mol. The summed E-state index contributed by atoms with van der Waals surface area (Å²) in [6.45, 7) is 6.19. The molecule has 2 aliphatic rings. The van der Waals surface area contributed by atoms with Crippen LogP contribution >= 0.6 is 0 Å². The van der Waals surface area contributed by atoms with Gasteiger partial charge in [-0.1, -0.05) is 26.2 Å². The van der Waals surface area contributed by atoms with Gasteiger partial charge in [0.2, 0.25) is 5.91 Å². The molecule has 2 nitrogen and oxygen atoms in total. The maximum atomic E-state index is 11.9. The summed E-state index contributed by atoms with van der Waals surface area (Å²) >= 11 is 0.